The molecule has 0 spiro atoms. The number of hydrogen-bond donors (Lipinski definition) is 3. The number of benzene rings is 7. The van der Waals surface area contributed by atoms with Crippen LogP contribution in [-0.2, 0) is 93.0 Å². The van der Waals surface area contributed by atoms with E-state index >= 15 is 0 Å². The van der Waals surface area contributed by atoms with Crippen molar-refractivity contribution < 1.29 is 71.5 Å². The lowest BCUT2D eigenvalue weighted by Crippen LogP contribution is -2.48. The van der Waals surface area contributed by atoms with Crippen molar-refractivity contribution >= 4 is 98.2 Å². The summed E-state index contributed by atoms with van der Waals surface area (Å²) in [6.07, 6.45) is 3.32. The first kappa shape index (κ1) is 99.1. The maximum Gasteiger partial charge on any atom is 0.519 e. The maximum absolute atomic E-state index is 12.3. The fourth-order valence-corrected chi connectivity index (χ4v) is 11.8. The average molecular weight is 1750 g/mol. The van der Waals surface area contributed by atoms with Crippen LogP contribution in [0.15, 0.2) is 197 Å². The first-order chi connectivity index (χ1) is 54.6. The average Bonchev–Trinajstić information content (AvgIpc) is 0.849. The smallest absolute Gasteiger partial charge is 0.460 e. The molecule has 0 radical (unpaired) electrons. The van der Waals surface area contributed by atoms with E-state index in [-0.39, 0.29) is 48.2 Å². The molecule has 3 aliphatic rings. The van der Waals surface area contributed by atoms with Gasteiger partial charge in [-0.05, 0) is 222 Å². The lowest BCUT2D eigenvalue weighted by Gasteiger charge is -2.35. The summed E-state index contributed by atoms with van der Waals surface area (Å²) in [6, 6.07) is 62.6. The first-order valence-corrected chi connectivity index (χ1v) is 40.9. The van der Waals surface area contributed by atoms with E-state index in [1.54, 1.807) is 56.2 Å². The molecule has 0 unspecified atom stereocenters. The van der Waals surface area contributed by atoms with Crippen molar-refractivity contribution in [3.05, 3.63) is 236 Å². The third-order valence-corrected chi connectivity index (χ3v) is 17.9. The molecule has 3 aliphatic heterocycles. The number of esters is 2. The van der Waals surface area contributed by atoms with E-state index in [1.165, 1.54) is 27.9 Å². The van der Waals surface area contributed by atoms with Crippen LogP contribution in [0.5, 0.6) is 0 Å². The van der Waals surface area contributed by atoms with Gasteiger partial charge in [0.25, 0.3) is 0 Å². The van der Waals surface area contributed by atoms with Gasteiger partial charge in [-0.3, -0.25) is 9.59 Å². The summed E-state index contributed by atoms with van der Waals surface area (Å²) >= 11 is 6.76. The molecule has 7 aromatic rings. The lowest BCUT2D eigenvalue weighted by atomic mass is 10.1. The number of carbonyl (C=O) groups excluding carboxylic acids is 7. The predicted octanol–water partition coefficient (Wildman–Crippen LogP) is 18.0. The van der Waals surface area contributed by atoms with Crippen LogP contribution in [0, 0.1) is 0 Å². The van der Waals surface area contributed by atoms with Crippen molar-refractivity contribution in [3.8, 4) is 0 Å². The van der Waals surface area contributed by atoms with Crippen LogP contribution in [0.2, 0.25) is 0 Å². The molecule has 634 valence electrons. The zero-order chi connectivity index (χ0) is 84.2. The van der Waals surface area contributed by atoms with Crippen LogP contribution in [0.1, 0.15) is 148 Å². The minimum absolute atomic E-state index is 0. The fourth-order valence-electron chi connectivity index (χ4n) is 11.2. The van der Waals surface area contributed by atoms with Gasteiger partial charge in [0.05, 0.1) is 0 Å². The standard InChI is InChI=1S/C26H34N2O4.C20H25N3O2.C14H19BrO2.C12H16N2O2.C10H18O5.C8H10BrN.ClH/c1-26(2,3)32-24(29)11-7-10-21-12-14-23(15-13-21)27-16-18-28(19-17-27)25(30)31-20-22-8-5-4-6-9-22;21-11-10-17-6-8-19(9-7-17)22-12-14-23(15-13-22)20(24)25-16-18-4-2-1-3-5-18;1-14(2,3)17-13(16)6-4-5-11-7-9-12(15)10-8-11;15-12(14-8-6-13-7-9-14)16-10-11-4-2-1-3-5-11;1-9(2,3)14-7(11)13-8(12)15-10(4,5)6;9-8-3-1-7(2-4-8)5-6-10;/h4-6,8-9,12-15H,7,10-11,16-20H2,1-3H3;1-9H,10-16,21H2;7-10H,4-6H2,1-3H3;1-5,13H,6-10H2;1-6H3;1-4H,5-6,10H2;1H. The monoisotopic (exact) mass is 1750 g/mol. The van der Waals surface area contributed by atoms with E-state index in [0.29, 0.717) is 65.4 Å². The van der Waals surface area contributed by atoms with Gasteiger partial charge in [-0.15, -0.1) is 12.4 Å². The van der Waals surface area contributed by atoms with Crippen LogP contribution >= 0.6 is 44.3 Å². The van der Waals surface area contributed by atoms with Crippen molar-refractivity contribution in [2.75, 3.05) is 101 Å². The van der Waals surface area contributed by atoms with Crippen LogP contribution in [0.25, 0.3) is 0 Å². The molecule has 26 heteroatoms. The molecule has 0 aromatic heterocycles. The molecule has 0 atom stereocenters. The Hall–Kier alpha value is -9.24. The summed E-state index contributed by atoms with van der Waals surface area (Å²) in [6.45, 7) is 32.7. The molecule has 0 saturated carbocycles. The van der Waals surface area contributed by atoms with Gasteiger partial charge in [-0.2, -0.15) is 0 Å². The molecule has 3 saturated heterocycles. The minimum Gasteiger partial charge on any atom is -0.460 e. The quantitative estimate of drug-likeness (QED) is 0.0363. The summed E-state index contributed by atoms with van der Waals surface area (Å²) in [5.41, 5.74) is 19.1. The molecule has 5 N–H and O–H groups in total. The number of nitrogens with two attached hydrogens (primary N) is 2. The largest absolute Gasteiger partial charge is 0.519 e. The van der Waals surface area contributed by atoms with E-state index in [4.69, 9.17) is 44.6 Å². The summed E-state index contributed by atoms with van der Waals surface area (Å²) in [7, 11) is 0. The van der Waals surface area contributed by atoms with Crippen molar-refractivity contribution in [2.24, 2.45) is 11.5 Å². The summed E-state index contributed by atoms with van der Waals surface area (Å²) in [5, 5.41) is 3.19. The van der Waals surface area contributed by atoms with Crippen LogP contribution in [0.4, 0.5) is 35.3 Å². The maximum atomic E-state index is 12.3. The molecule has 10 rings (SSSR count). The summed E-state index contributed by atoms with van der Waals surface area (Å²) < 4.78 is 42.7. The Morgan fingerprint density at radius 1 is 0.345 bits per heavy atom. The van der Waals surface area contributed by atoms with E-state index < -0.39 is 29.1 Å². The number of aryl methyl sites for hydroxylation is 2. The Balaban J connectivity index is 0.000000304. The zero-order valence-electron chi connectivity index (χ0n) is 69.8. The molecular formula is C90H123Br2ClN8O15. The number of hydrogen-bond acceptors (Lipinski definition) is 20. The molecule has 116 heavy (non-hydrogen) atoms. The molecule has 3 amide bonds. The Kier molecular flexibility index (Phi) is 44.8. The molecule has 0 aliphatic carbocycles. The zero-order valence-corrected chi connectivity index (χ0v) is 73.7. The molecule has 0 bridgehead atoms. The van der Waals surface area contributed by atoms with Crippen LogP contribution in [-0.4, -0.2) is 171 Å². The molecule has 3 fully saturated rings. The Morgan fingerprint density at radius 3 is 0.888 bits per heavy atom. The van der Waals surface area contributed by atoms with Gasteiger partial charge in [-0.1, -0.05) is 171 Å². The number of ether oxygens (including phenoxy) is 8. The first-order valence-electron chi connectivity index (χ1n) is 39.3. The Labute approximate surface area is 710 Å². The van der Waals surface area contributed by atoms with Gasteiger partial charge < -0.3 is 79.2 Å². The second-order valence-electron chi connectivity index (χ2n) is 31.4. The highest BCUT2D eigenvalue weighted by molar-refractivity contribution is 9.10. The number of halogens is 3. The number of carbonyl (C=O) groups is 7. The van der Waals surface area contributed by atoms with Gasteiger partial charge in [0.2, 0.25) is 0 Å². The normalized spacial score (nSPS) is 13.3. The third kappa shape index (κ3) is 44.2. The fraction of sp³-hybridized carbons (Fsp3) is 0.456. The van der Waals surface area contributed by atoms with Gasteiger partial charge in [-0.25, -0.2) is 24.0 Å². The van der Waals surface area contributed by atoms with E-state index in [9.17, 15) is 33.6 Å². The highest BCUT2D eigenvalue weighted by atomic mass is 79.9. The number of nitrogens with zero attached hydrogens (tertiary/aromatic N) is 5. The third-order valence-electron chi connectivity index (χ3n) is 16.8. The number of nitrogens with one attached hydrogen (secondary N) is 1. The topological polar surface area (TPSA) is 274 Å². The molecular weight excluding hydrogens is 1630 g/mol. The molecule has 3 heterocycles. The molecule has 23 nitrogen and oxygen atoms in total. The van der Waals surface area contributed by atoms with E-state index in [0.717, 1.165) is 129 Å². The number of rotatable bonds is 20. The highest BCUT2D eigenvalue weighted by Gasteiger charge is 2.27. The highest BCUT2D eigenvalue weighted by Crippen LogP contribution is 2.23. The molecule has 7 aromatic carbocycles. The summed E-state index contributed by atoms with van der Waals surface area (Å²) in [5.74, 6) is -0.260. The van der Waals surface area contributed by atoms with Crippen molar-refractivity contribution in [2.45, 2.75) is 177 Å². The number of piperazine rings is 3. The Morgan fingerprint density at radius 2 is 0.612 bits per heavy atom. The second kappa shape index (κ2) is 52.4. The lowest BCUT2D eigenvalue weighted by molar-refractivity contribution is -0.156. The van der Waals surface area contributed by atoms with Gasteiger partial charge in [0, 0.05) is 112 Å². The SMILES string of the molecule is CC(C)(C)OC(=O)CCCc1ccc(Br)cc1.CC(C)(C)OC(=O)CCCc1ccc(N2CCN(C(=O)OCc3ccccc3)CC2)cc1.CC(C)(C)OC(=O)OC(=O)OC(C)(C)C.Cl.NCCc1ccc(Br)cc1.NCCc1ccc(N2CCN(C(=O)OCc3ccccc3)CC2)cc1.O=C(OCc1ccccc1)N1CCNCC1. The van der Waals surface area contributed by atoms with E-state index in [1.807, 2.05) is 157 Å². The number of anilines is 2. The predicted molar refractivity (Wildman–Crippen MR) is 467 cm³/mol. The van der Waals surface area contributed by atoms with Gasteiger partial charge in [0.15, 0.2) is 0 Å². The van der Waals surface area contributed by atoms with Gasteiger partial charge >= 0.3 is 42.5 Å². The van der Waals surface area contributed by atoms with Crippen molar-refractivity contribution in [1.82, 2.24) is 20.0 Å². The number of amides is 3. The van der Waals surface area contributed by atoms with Crippen LogP contribution in [0.3, 0.4) is 0 Å². The minimum atomic E-state index is -1.06. The second-order valence-corrected chi connectivity index (χ2v) is 33.2. The Bertz CT molecular complexity index is 3930. The van der Waals surface area contributed by atoms with Gasteiger partial charge in [0.1, 0.15) is 42.2 Å². The van der Waals surface area contributed by atoms with Crippen molar-refractivity contribution in [3.63, 3.8) is 0 Å². The van der Waals surface area contributed by atoms with Crippen molar-refractivity contribution in [1.29, 1.82) is 0 Å². The van der Waals surface area contributed by atoms with Crippen LogP contribution < -0.4 is 26.6 Å². The van der Waals surface area contributed by atoms with E-state index in [2.05, 4.69) is 125 Å². The summed E-state index contributed by atoms with van der Waals surface area (Å²) in [4.78, 5) is 91.4.